The number of benzene rings is 1. The van der Waals surface area contributed by atoms with Gasteiger partial charge in [-0.25, -0.2) is 4.79 Å². The van der Waals surface area contributed by atoms with Crippen molar-refractivity contribution >= 4 is 23.3 Å². The second-order valence-electron chi connectivity index (χ2n) is 7.03. The molecule has 0 spiro atoms. The Morgan fingerprint density at radius 3 is 2.41 bits per heavy atom. The van der Waals surface area contributed by atoms with Crippen molar-refractivity contribution in [2.75, 3.05) is 51.7 Å². The summed E-state index contributed by atoms with van der Waals surface area (Å²) in [7, 11) is 4.73. The third kappa shape index (κ3) is 4.33. The topological polar surface area (TPSA) is 89.1 Å². The average Bonchev–Trinajstić information content (AvgIpc) is 2.89. The highest BCUT2D eigenvalue weighted by molar-refractivity contribution is 5.95. The molecule has 8 nitrogen and oxygen atoms in total. The number of carbonyl (C=O) groups excluding carboxylic acids is 2. The average molecular weight is 377 g/mol. The van der Waals surface area contributed by atoms with Gasteiger partial charge >= 0.3 is 6.03 Å². The number of carbonyl (C=O) groups is 2. The van der Waals surface area contributed by atoms with Crippen LogP contribution in [0.2, 0.25) is 0 Å². The van der Waals surface area contributed by atoms with E-state index in [-0.39, 0.29) is 24.6 Å². The standard InChI is InChI=1S/C19H27N3O5/c1-25-11-17(23)21-15-8-14(6-7-16(15)26-2)20-19(24)22-9-12-4-5-13(10-22)18(12)27-3/h6-8,12-13,18H,4-5,9-11H2,1-3H3,(H,20,24)(H,21,23)/t12-,13+,18?. The van der Waals surface area contributed by atoms with Crippen LogP contribution in [-0.2, 0) is 14.3 Å². The summed E-state index contributed by atoms with van der Waals surface area (Å²) in [4.78, 5) is 26.4. The van der Waals surface area contributed by atoms with E-state index in [9.17, 15) is 9.59 Å². The van der Waals surface area contributed by atoms with Crippen LogP contribution in [0, 0.1) is 11.8 Å². The molecule has 1 saturated carbocycles. The zero-order valence-electron chi connectivity index (χ0n) is 16.0. The van der Waals surface area contributed by atoms with E-state index in [1.165, 1.54) is 14.2 Å². The number of urea groups is 1. The first-order valence-corrected chi connectivity index (χ1v) is 9.11. The van der Waals surface area contributed by atoms with Gasteiger partial charge in [0.2, 0.25) is 5.91 Å². The van der Waals surface area contributed by atoms with Crippen molar-refractivity contribution in [3.63, 3.8) is 0 Å². The third-order valence-electron chi connectivity index (χ3n) is 5.31. The van der Waals surface area contributed by atoms with Crippen LogP contribution in [0.5, 0.6) is 5.75 Å². The van der Waals surface area contributed by atoms with Crippen LogP contribution in [0.3, 0.4) is 0 Å². The highest BCUT2D eigenvalue weighted by Gasteiger charge is 2.43. The number of likely N-dealkylation sites (tertiary alicyclic amines) is 1. The second-order valence-corrected chi connectivity index (χ2v) is 7.03. The molecule has 8 heteroatoms. The molecule has 3 atom stereocenters. The molecule has 1 aliphatic heterocycles. The third-order valence-corrected chi connectivity index (χ3v) is 5.31. The smallest absolute Gasteiger partial charge is 0.321 e. The van der Waals surface area contributed by atoms with Gasteiger partial charge in [-0.2, -0.15) is 0 Å². The van der Waals surface area contributed by atoms with Crippen LogP contribution >= 0.6 is 0 Å². The van der Waals surface area contributed by atoms with Gasteiger partial charge in [0, 0.05) is 44.8 Å². The van der Waals surface area contributed by atoms with E-state index < -0.39 is 0 Å². The van der Waals surface area contributed by atoms with Gasteiger partial charge in [0.25, 0.3) is 0 Å². The summed E-state index contributed by atoms with van der Waals surface area (Å²) >= 11 is 0. The molecule has 0 aromatic heterocycles. The number of anilines is 2. The molecule has 1 aliphatic carbocycles. The maximum Gasteiger partial charge on any atom is 0.321 e. The van der Waals surface area contributed by atoms with Crippen molar-refractivity contribution in [2.45, 2.75) is 18.9 Å². The zero-order valence-corrected chi connectivity index (χ0v) is 16.0. The Morgan fingerprint density at radius 1 is 1.11 bits per heavy atom. The minimum absolute atomic E-state index is 0.0586. The zero-order chi connectivity index (χ0) is 19.4. The maximum atomic E-state index is 12.7. The molecular formula is C19H27N3O5. The Labute approximate surface area is 159 Å². The summed E-state index contributed by atoms with van der Waals surface area (Å²) in [5, 5.41) is 5.64. The molecule has 27 heavy (non-hydrogen) atoms. The first kappa shape index (κ1) is 19.4. The summed E-state index contributed by atoms with van der Waals surface area (Å²) in [6.45, 7) is 1.35. The predicted molar refractivity (Wildman–Crippen MR) is 101 cm³/mol. The SMILES string of the molecule is COCC(=O)Nc1cc(NC(=O)N2C[C@H]3CC[C@@H](C2)C3OC)ccc1OC. The molecule has 3 amide bonds. The minimum atomic E-state index is -0.294. The van der Waals surface area contributed by atoms with Crippen molar-refractivity contribution in [1.82, 2.24) is 4.90 Å². The molecule has 1 aromatic rings. The lowest BCUT2D eigenvalue weighted by molar-refractivity contribution is -0.119. The number of methoxy groups -OCH3 is 3. The van der Waals surface area contributed by atoms with Gasteiger partial charge in [-0.05, 0) is 31.0 Å². The Hall–Kier alpha value is -2.32. The molecule has 0 radical (unpaired) electrons. The van der Waals surface area contributed by atoms with Gasteiger partial charge in [0.1, 0.15) is 12.4 Å². The summed E-state index contributed by atoms with van der Waals surface area (Å²) < 4.78 is 15.7. The van der Waals surface area contributed by atoms with Crippen LogP contribution in [-0.4, -0.2) is 64.0 Å². The first-order valence-electron chi connectivity index (χ1n) is 9.11. The van der Waals surface area contributed by atoms with Crippen LogP contribution < -0.4 is 15.4 Å². The van der Waals surface area contributed by atoms with Crippen molar-refractivity contribution < 1.29 is 23.8 Å². The van der Waals surface area contributed by atoms with Gasteiger partial charge < -0.3 is 29.7 Å². The van der Waals surface area contributed by atoms with E-state index in [4.69, 9.17) is 14.2 Å². The van der Waals surface area contributed by atoms with Gasteiger partial charge in [-0.3, -0.25) is 4.79 Å². The number of ether oxygens (including phenoxy) is 3. The molecule has 1 unspecified atom stereocenters. The molecule has 148 valence electrons. The van der Waals surface area contributed by atoms with Gasteiger partial charge in [-0.1, -0.05) is 0 Å². The van der Waals surface area contributed by atoms with Crippen LogP contribution in [0.1, 0.15) is 12.8 Å². The van der Waals surface area contributed by atoms with E-state index in [0.717, 1.165) is 12.8 Å². The van der Waals surface area contributed by atoms with E-state index >= 15 is 0 Å². The van der Waals surface area contributed by atoms with E-state index in [0.29, 0.717) is 42.0 Å². The van der Waals surface area contributed by atoms with Gasteiger partial charge in [0.15, 0.2) is 0 Å². The molecule has 1 heterocycles. The Balaban J connectivity index is 1.66. The summed E-state index contributed by atoms with van der Waals surface area (Å²) in [5.41, 5.74) is 1.07. The number of fused-ring (bicyclic) bond motifs is 2. The normalized spacial score (nSPS) is 23.8. The van der Waals surface area contributed by atoms with Crippen LogP contribution in [0.15, 0.2) is 18.2 Å². The summed E-state index contributed by atoms with van der Waals surface area (Å²) in [6, 6.07) is 5.00. The number of piperidine rings is 1. The van der Waals surface area contributed by atoms with E-state index in [1.807, 2.05) is 4.90 Å². The Morgan fingerprint density at radius 2 is 1.81 bits per heavy atom. The Bertz CT molecular complexity index is 682. The molecule has 1 aromatic carbocycles. The molecule has 2 bridgehead atoms. The molecule has 1 saturated heterocycles. The lowest BCUT2D eigenvalue weighted by Gasteiger charge is -2.37. The fraction of sp³-hybridized carbons (Fsp3) is 0.579. The van der Waals surface area contributed by atoms with Crippen LogP contribution in [0.4, 0.5) is 16.2 Å². The van der Waals surface area contributed by atoms with E-state index in [1.54, 1.807) is 25.3 Å². The quantitative estimate of drug-likeness (QED) is 0.793. The Kier molecular flexibility index (Phi) is 6.18. The van der Waals surface area contributed by atoms with Gasteiger partial charge in [0.05, 0.1) is 18.9 Å². The highest BCUT2D eigenvalue weighted by atomic mass is 16.5. The number of nitrogens with one attached hydrogen (secondary N) is 2. The first-order chi connectivity index (χ1) is 13.0. The molecule has 2 fully saturated rings. The number of hydrogen-bond acceptors (Lipinski definition) is 5. The molecule has 3 rings (SSSR count). The van der Waals surface area contributed by atoms with Crippen molar-refractivity contribution in [1.29, 1.82) is 0 Å². The monoisotopic (exact) mass is 377 g/mol. The lowest BCUT2D eigenvalue weighted by Crippen LogP contribution is -2.49. The van der Waals surface area contributed by atoms with Crippen molar-refractivity contribution in [3.8, 4) is 5.75 Å². The molecule has 2 aliphatic rings. The predicted octanol–water partition coefficient (Wildman–Crippen LogP) is 2.17. The summed E-state index contributed by atoms with van der Waals surface area (Å²) in [5.74, 6) is 1.02. The number of amides is 3. The van der Waals surface area contributed by atoms with E-state index in [2.05, 4.69) is 10.6 Å². The summed E-state index contributed by atoms with van der Waals surface area (Å²) in [6.07, 6.45) is 2.47. The maximum absolute atomic E-state index is 12.7. The fourth-order valence-corrected chi connectivity index (χ4v) is 4.13. The number of hydrogen-bond donors (Lipinski definition) is 2. The largest absolute Gasteiger partial charge is 0.495 e. The second kappa shape index (κ2) is 8.58. The number of rotatable bonds is 6. The van der Waals surface area contributed by atoms with Crippen molar-refractivity contribution in [2.24, 2.45) is 11.8 Å². The number of nitrogens with zero attached hydrogens (tertiary/aromatic N) is 1. The van der Waals surface area contributed by atoms with Gasteiger partial charge in [-0.15, -0.1) is 0 Å². The molecule has 2 N–H and O–H groups in total. The van der Waals surface area contributed by atoms with Crippen LogP contribution in [0.25, 0.3) is 0 Å². The minimum Gasteiger partial charge on any atom is -0.495 e. The highest BCUT2D eigenvalue weighted by Crippen LogP contribution is 2.38. The fourth-order valence-electron chi connectivity index (χ4n) is 4.13. The lowest BCUT2D eigenvalue weighted by atomic mass is 9.95. The molecular weight excluding hydrogens is 350 g/mol. The van der Waals surface area contributed by atoms with Crippen molar-refractivity contribution in [3.05, 3.63) is 18.2 Å².